The van der Waals surface area contributed by atoms with Crippen molar-refractivity contribution in [2.24, 2.45) is 16.5 Å². The Balaban J connectivity index is 4.63. The molecule has 0 atom stereocenters. The van der Waals surface area contributed by atoms with E-state index >= 15 is 0 Å². The number of rotatable bonds is 3. The Morgan fingerprint density at radius 1 is 1.58 bits per heavy atom. The van der Waals surface area contributed by atoms with Crippen molar-refractivity contribution >= 4 is 5.84 Å². The van der Waals surface area contributed by atoms with E-state index in [-0.39, 0.29) is 0 Å². The molecule has 0 fully saturated rings. The van der Waals surface area contributed by atoms with Crippen LogP contribution in [-0.2, 0) is 0 Å². The first-order valence-electron chi connectivity index (χ1n) is 3.77. The Morgan fingerprint density at radius 2 is 2.17 bits per heavy atom. The number of nitrogens with one attached hydrogen (secondary N) is 1. The van der Waals surface area contributed by atoms with Gasteiger partial charge < -0.3 is 16.8 Å². The van der Waals surface area contributed by atoms with E-state index in [2.05, 4.69) is 16.9 Å². The van der Waals surface area contributed by atoms with Gasteiger partial charge in [0.2, 0.25) is 0 Å². The zero-order valence-electron chi connectivity index (χ0n) is 7.59. The van der Waals surface area contributed by atoms with E-state index in [1.165, 1.54) is 6.20 Å². The van der Waals surface area contributed by atoms with Crippen LogP contribution in [0.25, 0.3) is 0 Å². The Morgan fingerprint density at radius 3 is 2.50 bits per heavy atom. The number of allylic oxidation sites excluding steroid dienone is 1. The highest BCUT2D eigenvalue weighted by molar-refractivity contribution is 5.98. The van der Waals surface area contributed by atoms with Crippen LogP contribution < -0.4 is 16.8 Å². The maximum absolute atomic E-state index is 5.65. The summed E-state index contributed by atoms with van der Waals surface area (Å²) in [5.74, 6) is 0.576. The second-order valence-corrected chi connectivity index (χ2v) is 2.27. The number of aliphatic imine (C=N–C) groups is 1. The van der Waals surface area contributed by atoms with Crippen molar-refractivity contribution in [3.05, 3.63) is 24.2 Å². The minimum absolute atomic E-state index is 0.469. The van der Waals surface area contributed by atoms with Gasteiger partial charge in [-0.3, -0.25) is 4.99 Å². The summed E-state index contributed by atoms with van der Waals surface area (Å²) in [6.07, 6.45) is 1.52. The molecule has 0 saturated carbocycles. The van der Waals surface area contributed by atoms with Crippen LogP contribution >= 0.6 is 0 Å². The molecule has 0 rings (SSSR count). The fraction of sp³-hybridized carbons (Fsp3) is 0.375. The molecule has 0 aliphatic heterocycles. The van der Waals surface area contributed by atoms with Crippen molar-refractivity contribution in [2.45, 2.75) is 13.8 Å². The van der Waals surface area contributed by atoms with Crippen molar-refractivity contribution in [3.63, 3.8) is 0 Å². The number of hydrogen-bond acceptors (Lipinski definition) is 3. The van der Waals surface area contributed by atoms with E-state index < -0.39 is 0 Å². The van der Waals surface area contributed by atoms with Crippen molar-refractivity contribution in [3.8, 4) is 0 Å². The third-order valence-corrected chi connectivity index (χ3v) is 1.23. The summed E-state index contributed by atoms with van der Waals surface area (Å²) in [4.78, 5) is 4.11. The average molecular weight is 168 g/mol. The Kier molecular flexibility index (Phi) is 4.60. The van der Waals surface area contributed by atoms with Gasteiger partial charge in [-0.25, -0.2) is 0 Å². The van der Waals surface area contributed by atoms with E-state index in [4.69, 9.17) is 11.5 Å². The standard InChI is InChI=1S/C8H16N4/c1-4-11-8(12-5-2)7(10)6(3)9/h4H,1,5,9-10H2,2-3H3,(H,11,12). The SMILES string of the molecule is C=CNC(=NCC)C(N)=C(C)N. The second-order valence-electron chi connectivity index (χ2n) is 2.27. The molecule has 0 bridgehead atoms. The minimum atomic E-state index is 0.469. The highest BCUT2D eigenvalue weighted by Crippen LogP contribution is 1.92. The highest BCUT2D eigenvalue weighted by atomic mass is 15.0. The van der Waals surface area contributed by atoms with Gasteiger partial charge in [-0.05, 0) is 20.0 Å². The largest absolute Gasteiger partial charge is 0.401 e. The van der Waals surface area contributed by atoms with Gasteiger partial charge in [-0.1, -0.05) is 6.58 Å². The molecule has 5 N–H and O–H groups in total. The number of hydrogen-bond donors (Lipinski definition) is 3. The lowest BCUT2D eigenvalue weighted by Crippen LogP contribution is -2.27. The van der Waals surface area contributed by atoms with Gasteiger partial charge in [0.15, 0.2) is 0 Å². The lowest BCUT2D eigenvalue weighted by atomic mass is 10.3. The molecule has 0 saturated heterocycles. The lowest BCUT2D eigenvalue weighted by Gasteiger charge is -2.07. The van der Waals surface area contributed by atoms with E-state index in [1.807, 2.05) is 6.92 Å². The first-order valence-corrected chi connectivity index (χ1v) is 3.77. The molecule has 0 unspecified atom stereocenters. The molecule has 0 radical (unpaired) electrons. The molecule has 0 heterocycles. The van der Waals surface area contributed by atoms with Crippen LogP contribution in [0.3, 0.4) is 0 Å². The van der Waals surface area contributed by atoms with Crippen LogP contribution in [0.2, 0.25) is 0 Å². The Hall–Kier alpha value is -1.45. The van der Waals surface area contributed by atoms with Crippen LogP contribution in [0, 0.1) is 0 Å². The fourth-order valence-electron chi connectivity index (χ4n) is 0.650. The predicted octanol–water partition coefficient (Wildman–Crippen LogP) is 0.287. The number of nitrogens with two attached hydrogens (primary N) is 2. The highest BCUT2D eigenvalue weighted by Gasteiger charge is 2.01. The first-order chi connectivity index (χ1) is 5.63. The molecule has 4 heteroatoms. The molecule has 0 spiro atoms. The molecular formula is C8H16N4. The van der Waals surface area contributed by atoms with Gasteiger partial charge in [0.05, 0.1) is 5.70 Å². The monoisotopic (exact) mass is 168 g/mol. The van der Waals surface area contributed by atoms with Crippen molar-refractivity contribution < 1.29 is 0 Å². The summed E-state index contributed by atoms with van der Waals surface area (Å²) >= 11 is 0. The van der Waals surface area contributed by atoms with Gasteiger partial charge in [-0.2, -0.15) is 0 Å². The normalized spacial score (nSPS) is 13.7. The maximum Gasteiger partial charge on any atom is 0.150 e. The second kappa shape index (κ2) is 5.23. The molecule has 0 aliphatic carbocycles. The molecule has 0 amide bonds. The van der Waals surface area contributed by atoms with Crippen LogP contribution in [0.4, 0.5) is 0 Å². The quantitative estimate of drug-likeness (QED) is 0.418. The number of nitrogens with zero attached hydrogens (tertiary/aromatic N) is 1. The molecule has 0 aromatic rings. The zero-order valence-corrected chi connectivity index (χ0v) is 7.59. The molecular weight excluding hydrogens is 152 g/mol. The van der Waals surface area contributed by atoms with Crippen molar-refractivity contribution in [2.75, 3.05) is 6.54 Å². The third kappa shape index (κ3) is 3.09. The molecule has 12 heavy (non-hydrogen) atoms. The summed E-state index contributed by atoms with van der Waals surface area (Å²) in [6.45, 7) is 7.82. The predicted molar refractivity (Wildman–Crippen MR) is 52.4 cm³/mol. The Labute approximate surface area is 73.0 Å². The van der Waals surface area contributed by atoms with E-state index in [1.54, 1.807) is 6.92 Å². The maximum atomic E-state index is 5.65. The molecule has 4 nitrogen and oxygen atoms in total. The van der Waals surface area contributed by atoms with Gasteiger partial charge in [-0.15, -0.1) is 0 Å². The average Bonchev–Trinajstić information content (AvgIpc) is 2.03. The molecule has 0 aromatic carbocycles. The summed E-state index contributed by atoms with van der Waals surface area (Å²) in [5.41, 5.74) is 12.2. The summed E-state index contributed by atoms with van der Waals surface area (Å²) in [5, 5.41) is 2.82. The van der Waals surface area contributed by atoms with E-state index in [0.717, 1.165) is 0 Å². The van der Waals surface area contributed by atoms with Crippen molar-refractivity contribution in [1.29, 1.82) is 0 Å². The van der Waals surface area contributed by atoms with Crippen LogP contribution in [-0.4, -0.2) is 12.4 Å². The first kappa shape index (κ1) is 10.6. The van der Waals surface area contributed by atoms with Gasteiger partial charge in [0.25, 0.3) is 0 Å². The summed E-state index contributed by atoms with van der Waals surface area (Å²) < 4.78 is 0. The van der Waals surface area contributed by atoms with Gasteiger partial charge >= 0.3 is 0 Å². The summed E-state index contributed by atoms with van der Waals surface area (Å²) in [6, 6.07) is 0. The van der Waals surface area contributed by atoms with Gasteiger partial charge in [0.1, 0.15) is 5.84 Å². The Bertz CT molecular complexity index is 211. The van der Waals surface area contributed by atoms with Crippen molar-refractivity contribution in [1.82, 2.24) is 5.32 Å². The van der Waals surface area contributed by atoms with E-state index in [9.17, 15) is 0 Å². The fourth-order valence-corrected chi connectivity index (χ4v) is 0.650. The molecule has 0 aromatic heterocycles. The minimum Gasteiger partial charge on any atom is -0.401 e. The van der Waals surface area contributed by atoms with Crippen LogP contribution in [0.15, 0.2) is 29.2 Å². The van der Waals surface area contributed by atoms with Crippen LogP contribution in [0.1, 0.15) is 13.8 Å². The molecule has 0 aliphatic rings. The van der Waals surface area contributed by atoms with Crippen LogP contribution in [0.5, 0.6) is 0 Å². The topological polar surface area (TPSA) is 76.4 Å². The number of amidine groups is 1. The molecule has 68 valence electrons. The van der Waals surface area contributed by atoms with E-state index in [0.29, 0.717) is 23.8 Å². The summed E-state index contributed by atoms with van der Waals surface area (Å²) in [7, 11) is 0. The van der Waals surface area contributed by atoms with Gasteiger partial charge in [0, 0.05) is 12.2 Å². The third-order valence-electron chi connectivity index (χ3n) is 1.23. The lowest BCUT2D eigenvalue weighted by molar-refractivity contribution is 1.07. The smallest absolute Gasteiger partial charge is 0.150 e. The zero-order chi connectivity index (χ0) is 9.56.